The maximum atomic E-state index is 14.2. The van der Waals surface area contributed by atoms with Gasteiger partial charge in [-0.25, -0.2) is 12.8 Å². The fourth-order valence-corrected chi connectivity index (χ4v) is 6.20. The van der Waals surface area contributed by atoms with Gasteiger partial charge in [-0.15, -0.1) is 0 Å². The number of rotatable bonds is 11. The highest BCUT2D eigenvalue weighted by Gasteiger charge is 2.34. The third kappa shape index (κ3) is 7.59. The molecule has 0 saturated carbocycles. The number of hydrogen-bond donors (Lipinski definition) is 1. The van der Waals surface area contributed by atoms with E-state index in [1.807, 2.05) is 30.3 Å². The van der Waals surface area contributed by atoms with Crippen molar-refractivity contribution in [1.29, 1.82) is 0 Å². The number of likely N-dealkylation sites (N-methyl/N-ethyl adjacent to an activating group) is 1. The predicted octanol–water partition coefficient (Wildman–Crippen LogP) is 5.17. The summed E-state index contributed by atoms with van der Waals surface area (Å²) in [6, 6.07) is 28.4. The maximum absolute atomic E-state index is 14.2. The van der Waals surface area contributed by atoms with E-state index in [-0.39, 0.29) is 23.5 Å². The minimum absolute atomic E-state index is 0.0185. The van der Waals surface area contributed by atoms with Crippen molar-refractivity contribution < 1.29 is 22.4 Å². The average Bonchev–Trinajstić information content (AvgIpc) is 2.99. The summed E-state index contributed by atoms with van der Waals surface area (Å²) in [7, 11) is -2.69. The van der Waals surface area contributed by atoms with Gasteiger partial charge in [-0.3, -0.25) is 13.9 Å². The molecule has 1 atom stereocenters. The van der Waals surface area contributed by atoms with E-state index in [9.17, 15) is 22.4 Å². The predicted molar refractivity (Wildman–Crippen MR) is 160 cm³/mol. The summed E-state index contributed by atoms with van der Waals surface area (Å²) in [6.07, 6.45) is 0.190. The molecule has 4 aromatic rings. The number of nitrogens with one attached hydrogen (secondary N) is 1. The Morgan fingerprint density at radius 2 is 1.49 bits per heavy atom. The standard InChI is InChI=1S/C31H29BrFN3O4S/c1-34-31(38)29(19-23-9-4-2-5-10-23)35(21-24-15-17-26(33)18-16-24)30(37)22-36(27-12-8-11-25(32)20-27)41(39,40)28-13-6-3-7-14-28/h2-18,20,29H,19,21-22H2,1H3,(H,34,38). The molecular formula is C31H29BrFN3O4S. The van der Waals surface area contributed by atoms with Crippen molar-refractivity contribution in [3.05, 3.63) is 131 Å². The minimum Gasteiger partial charge on any atom is -0.357 e. The molecule has 4 rings (SSSR count). The second-order valence-corrected chi connectivity index (χ2v) is 12.1. The Morgan fingerprint density at radius 3 is 2.10 bits per heavy atom. The van der Waals surface area contributed by atoms with E-state index < -0.39 is 40.2 Å². The van der Waals surface area contributed by atoms with Crippen LogP contribution in [0.3, 0.4) is 0 Å². The van der Waals surface area contributed by atoms with Crippen LogP contribution in [0.25, 0.3) is 0 Å². The second-order valence-electron chi connectivity index (χ2n) is 9.27. The third-order valence-electron chi connectivity index (χ3n) is 6.49. The van der Waals surface area contributed by atoms with Crippen LogP contribution in [-0.2, 0) is 32.6 Å². The highest BCUT2D eigenvalue weighted by atomic mass is 79.9. The molecule has 41 heavy (non-hydrogen) atoms. The number of anilines is 1. The molecule has 0 saturated heterocycles. The molecule has 1 unspecified atom stereocenters. The Labute approximate surface area is 247 Å². The van der Waals surface area contributed by atoms with E-state index in [0.717, 1.165) is 9.87 Å². The second kappa shape index (κ2) is 13.6. The fourth-order valence-electron chi connectivity index (χ4n) is 4.39. The van der Waals surface area contributed by atoms with Crippen LogP contribution in [0.4, 0.5) is 10.1 Å². The van der Waals surface area contributed by atoms with E-state index >= 15 is 0 Å². The number of benzene rings is 4. The van der Waals surface area contributed by atoms with Gasteiger partial charge in [0.25, 0.3) is 10.0 Å². The van der Waals surface area contributed by atoms with Crippen LogP contribution in [0.2, 0.25) is 0 Å². The number of amides is 2. The zero-order valence-electron chi connectivity index (χ0n) is 22.3. The Bertz CT molecular complexity index is 1590. The van der Waals surface area contributed by atoms with Crippen molar-refractivity contribution in [3.63, 3.8) is 0 Å². The van der Waals surface area contributed by atoms with Gasteiger partial charge in [0, 0.05) is 24.5 Å². The lowest BCUT2D eigenvalue weighted by atomic mass is 10.0. The molecule has 1 N–H and O–H groups in total. The van der Waals surface area contributed by atoms with Gasteiger partial charge in [0.05, 0.1) is 10.6 Å². The van der Waals surface area contributed by atoms with Gasteiger partial charge in [-0.05, 0) is 53.6 Å². The first-order valence-corrected chi connectivity index (χ1v) is 15.0. The van der Waals surface area contributed by atoms with Crippen molar-refractivity contribution in [2.24, 2.45) is 0 Å². The van der Waals surface area contributed by atoms with Gasteiger partial charge in [-0.2, -0.15) is 0 Å². The monoisotopic (exact) mass is 637 g/mol. The molecule has 0 fully saturated rings. The molecule has 0 radical (unpaired) electrons. The van der Waals surface area contributed by atoms with Crippen LogP contribution in [0, 0.1) is 5.82 Å². The van der Waals surface area contributed by atoms with Gasteiger partial charge < -0.3 is 10.2 Å². The van der Waals surface area contributed by atoms with Gasteiger partial charge in [-0.1, -0.05) is 82.7 Å². The van der Waals surface area contributed by atoms with E-state index in [0.29, 0.717) is 10.0 Å². The van der Waals surface area contributed by atoms with E-state index in [1.54, 1.807) is 42.5 Å². The highest BCUT2D eigenvalue weighted by Crippen LogP contribution is 2.27. The average molecular weight is 639 g/mol. The maximum Gasteiger partial charge on any atom is 0.264 e. The molecule has 212 valence electrons. The number of carbonyl (C=O) groups is 2. The quantitative estimate of drug-likeness (QED) is 0.246. The Kier molecular flexibility index (Phi) is 9.91. The number of sulfonamides is 1. The van der Waals surface area contributed by atoms with Gasteiger partial charge in [0.15, 0.2) is 0 Å². The van der Waals surface area contributed by atoms with Crippen LogP contribution >= 0.6 is 15.9 Å². The van der Waals surface area contributed by atoms with Crippen molar-refractivity contribution in [2.75, 3.05) is 17.9 Å². The lowest BCUT2D eigenvalue weighted by molar-refractivity contribution is -0.139. The lowest BCUT2D eigenvalue weighted by Crippen LogP contribution is -2.53. The van der Waals surface area contributed by atoms with Gasteiger partial charge in [0.2, 0.25) is 11.8 Å². The highest BCUT2D eigenvalue weighted by molar-refractivity contribution is 9.10. The molecule has 0 aliphatic carbocycles. The first kappa shape index (κ1) is 30.0. The summed E-state index contributed by atoms with van der Waals surface area (Å²) in [5.41, 5.74) is 1.68. The lowest BCUT2D eigenvalue weighted by Gasteiger charge is -2.33. The SMILES string of the molecule is CNC(=O)C(Cc1ccccc1)N(Cc1ccc(F)cc1)C(=O)CN(c1cccc(Br)c1)S(=O)(=O)c1ccccc1. The molecule has 4 aromatic carbocycles. The largest absolute Gasteiger partial charge is 0.357 e. The van der Waals surface area contributed by atoms with Crippen molar-refractivity contribution in [3.8, 4) is 0 Å². The molecule has 0 heterocycles. The normalized spacial score (nSPS) is 11.9. The summed E-state index contributed by atoms with van der Waals surface area (Å²) < 4.78 is 43.1. The molecule has 0 aliphatic heterocycles. The van der Waals surface area contributed by atoms with Crippen molar-refractivity contribution in [2.45, 2.75) is 23.9 Å². The van der Waals surface area contributed by atoms with Gasteiger partial charge >= 0.3 is 0 Å². The van der Waals surface area contributed by atoms with Crippen LogP contribution in [0.15, 0.2) is 119 Å². The van der Waals surface area contributed by atoms with Gasteiger partial charge in [0.1, 0.15) is 18.4 Å². The first-order valence-electron chi connectivity index (χ1n) is 12.8. The number of hydrogen-bond acceptors (Lipinski definition) is 4. The minimum atomic E-state index is -4.17. The molecule has 2 amide bonds. The zero-order valence-corrected chi connectivity index (χ0v) is 24.7. The number of carbonyl (C=O) groups excluding carboxylic acids is 2. The first-order chi connectivity index (χ1) is 19.7. The molecule has 0 spiro atoms. The third-order valence-corrected chi connectivity index (χ3v) is 8.77. The Balaban J connectivity index is 1.78. The summed E-state index contributed by atoms with van der Waals surface area (Å²) in [6.45, 7) is -0.612. The number of nitrogens with zero attached hydrogens (tertiary/aromatic N) is 2. The zero-order chi connectivity index (χ0) is 29.4. The van der Waals surface area contributed by atoms with E-state index in [2.05, 4.69) is 21.2 Å². The van der Waals surface area contributed by atoms with Crippen LogP contribution in [0.5, 0.6) is 0 Å². The molecular weight excluding hydrogens is 609 g/mol. The fraction of sp³-hybridized carbons (Fsp3) is 0.161. The van der Waals surface area contributed by atoms with E-state index in [1.165, 1.54) is 48.3 Å². The molecule has 7 nitrogen and oxygen atoms in total. The summed E-state index contributed by atoms with van der Waals surface area (Å²) in [5.74, 6) is -1.45. The summed E-state index contributed by atoms with van der Waals surface area (Å²) >= 11 is 3.39. The molecule has 0 bridgehead atoms. The Morgan fingerprint density at radius 1 is 0.854 bits per heavy atom. The molecule has 0 aromatic heterocycles. The van der Waals surface area contributed by atoms with Crippen molar-refractivity contribution >= 4 is 43.5 Å². The van der Waals surface area contributed by atoms with Crippen LogP contribution in [0.1, 0.15) is 11.1 Å². The van der Waals surface area contributed by atoms with Crippen LogP contribution in [-0.4, -0.2) is 44.8 Å². The number of halogens is 2. The Hall–Kier alpha value is -4.02. The topological polar surface area (TPSA) is 86.8 Å². The van der Waals surface area contributed by atoms with Crippen LogP contribution < -0.4 is 9.62 Å². The van der Waals surface area contributed by atoms with E-state index in [4.69, 9.17) is 0 Å². The summed E-state index contributed by atoms with van der Waals surface area (Å²) in [5, 5.41) is 2.63. The molecule has 10 heteroatoms. The summed E-state index contributed by atoms with van der Waals surface area (Å²) in [4.78, 5) is 28.8. The van der Waals surface area contributed by atoms with Crippen molar-refractivity contribution in [1.82, 2.24) is 10.2 Å². The smallest absolute Gasteiger partial charge is 0.264 e. The molecule has 0 aliphatic rings.